The SMILES string of the molecule is CC(C)C(N)CN(C)Cc1cccc(Cl)c1. The highest BCUT2D eigenvalue weighted by Crippen LogP contribution is 2.12. The largest absolute Gasteiger partial charge is 0.326 e. The molecule has 0 radical (unpaired) electrons. The van der Waals surface area contributed by atoms with Crippen molar-refractivity contribution in [2.24, 2.45) is 11.7 Å². The summed E-state index contributed by atoms with van der Waals surface area (Å²) in [6, 6.07) is 8.19. The third-order valence-corrected chi connectivity index (χ3v) is 2.96. The van der Waals surface area contributed by atoms with Gasteiger partial charge in [0.25, 0.3) is 0 Å². The summed E-state index contributed by atoms with van der Waals surface area (Å²) in [4.78, 5) is 2.23. The van der Waals surface area contributed by atoms with Gasteiger partial charge in [-0.25, -0.2) is 0 Å². The normalized spacial score (nSPS) is 13.4. The van der Waals surface area contributed by atoms with E-state index in [0.29, 0.717) is 5.92 Å². The molecular formula is C13H21ClN2. The Morgan fingerprint density at radius 1 is 1.38 bits per heavy atom. The van der Waals surface area contributed by atoms with Crippen LogP contribution in [0, 0.1) is 5.92 Å². The molecule has 90 valence electrons. The van der Waals surface area contributed by atoms with Crippen molar-refractivity contribution >= 4 is 11.6 Å². The number of nitrogens with zero attached hydrogens (tertiary/aromatic N) is 1. The summed E-state index contributed by atoms with van der Waals surface area (Å²) in [6.07, 6.45) is 0. The predicted molar refractivity (Wildman–Crippen MR) is 70.6 cm³/mol. The predicted octanol–water partition coefficient (Wildman–Crippen LogP) is 2.76. The highest BCUT2D eigenvalue weighted by molar-refractivity contribution is 6.30. The lowest BCUT2D eigenvalue weighted by molar-refractivity contribution is 0.277. The molecule has 0 aliphatic carbocycles. The second kappa shape index (κ2) is 6.24. The fraction of sp³-hybridized carbons (Fsp3) is 0.538. The maximum Gasteiger partial charge on any atom is 0.0409 e. The fourth-order valence-corrected chi connectivity index (χ4v) is 1.80. The molecule has 0 bridgehead atoms. The van der Waals surface area contributed by atoms with Crippen molar-refractivity contribution in [1.82, 2.24) is 4.90 Å². The van der Waals surface area contributed by atoms with Crippen LogP contribution in [0.5, 0.6) is 0 Å². The van der Waals surface area contributed by atoms with Crippen LogP contribution in [0.15, 0.2) is 24.3 Å². The molecular weight excluding hydrogens is 220 g/mol. The monoisotopic (exact) mass is 240 g/mol. The smallest absolute Gasteiger partial charge is 0.0409 e. The quantitative estimate of drug-likeness (QED) is 0.858. The van der Waals surface area contributed by atoms with E-state index >= 15 is 0 Å². The Balaban J connectivity index is 2.48. The summed E-state index contributed by atoms with van der Waals surface area (Å²) in [5.74, 6) is 0.516. The molecule has 1 aromatic rings. The molecule has 1 rings (SSSR count). The first kappa shape index (κ1) is 13.5. The van der Waals surface area contributed by atoms with Crippen molar-refractivity contribution < 1.29 is 0 Å². The lowest BCUT2D eigenvalue weighted by Gasteiger charge is -2.23. The van der Waals surface area contributed by atoms with E-state index in [1.807, 2.05) is 18.2 Å². The first-order chi connectivity index (χ1) is 7.49. The molecule has 0 amide bonds. The minimum atomic E-state index is 0.226. The second-order valence-electron chi connectivity index (χ2n) is 4.73. The molecule has 1 aromatic carbocycles. The van der Waals surface area contributed by atoms with Gasteiger partial charge in [0.15, 0.2) is 0 Å². The zero-order valence-electron chi connectivity index (χ0n) is 10.3. The summed E-state index contributed by atoms with van der Waals surface area (Å²) >= 11 is 5.94. The van der Waals surface area contributed by atoms with Crippen LogP contribution in [-0.2, 0) is 6.54 Å². The Labute approximate surface area is 103 Å². The second-order valence-corrected chi connectivity index (χ2v) is 5.17. The number of halogens is 1. The number of hydrogen-bond acceptors (Lipinski definition) is 2. The molecule has 1 atom stereocenters. The molecule has 1 unspecified atom stereocenters. The molecule has 0 aromatic heterocycles. The van der Waals surface area contributed by atoms with Gasteiger partial charge in [0.05, 0.1) is 0 Å². The van der Waals surface area contributed by atoms with Crippen LogP contribution < -0.4 is 5.73 Å². The summed E-state index contributed by atoms with van der Waals surface area (Å²) in [5, 5.41) is 0.791. The van der Waals surface area contributed by atoms with Crippen LogP contribution in [-0.4, -0.2) is 24.5 Å². The van der Waals surface area contributed by atoms with Crippen molar-refractivity contribution in [2.75, 3.05) is 13.6 Å². The molecule has 0 fully saturated rings. The van der Waals surface area contributed by atoms with Crippen LogP contribution >= 0.6 is 11.6 Å². The molecule has 2 nitrogen and oxygen atoms in total. The van der Waals surface area contributed by atoms with Crippen LogP contribution in [0.2, 0.25) is 5.02 Å². The van der Waals surface area contributed by atoms with Gasteiger partial charge in [0, 0.05) is 24.2 Å². The van der Waals surface area contributed by atoms with Crippen LogP contribution in [0.3, 0.4) is 0 Å². The van der Waals surface area contributed by atoms with Crippen LogP contribution in [0.1, 0.15) is 19.4 Å². The van der Waals surface area contributed by atoms with E-state index in [9.17, 15) is 0 Å². The van der Waals surface area contributed by atoms with E-state index < -0.39 is 0 Å². The zero-order valence-corrected chi connectivity index (χ0v) is 11.0. The number of hydrogen-bond donors (Lipinski definition) is 1. The topological polar surface area (TPSA) is 29.3 Å². The maximum atomic E-state index is 6.03. The Morgan fingerprint density at radius 2 is 2.06 bits per heavy atom. The number of nitrogens with two attached hydrogens (primary N) is 1. The Hall–Kier alpha value is -0.570. The molecule has 0 aliphatic rings. The fourth-order valence-electron chi connectivity index (χ4n) is 1.58. The zero-order chi connectivity index (χ0) is 12.1. The molecule has 2 N–H and O–H groups in total. The summed E-state index contributed by atoms with van der Waals surface area (Å²) in [6.45, 7) is 6.10. The van der Waals surface area contributed by atoms with Crippen LogP contribution in [0.25, 0.3) is 0 Å². The molecule has 0 spiro atoms. The van der Waals surface area contributed by atoms with Gasteiger partial charge in [-0.15, -0.1) is 0 Å². The van der Waals surface area contributed by atoms with Crippen molar-refractivity contribution in [3.63, 3.8) is 0 Å². The first-order valence-corrected chi connectivity index (χ1v) is 6.05. The average Bonchev–Trinajstić information content (AvgIpc) is 2.16. The lowest BCUT2D eigenvalue weighted by Crippen LogP contribution is -2.38. The molecule has 16 heavy (non-hydrogen) atoms. The van der Waals surface area contributed by atoms with Crippen molar-refractivity contribution in [3.8, 4) is 0 Å². The standard InChI is InChI=1S/C13H21ClN2/c1-10(2)13(15)9-16(3)8-11-5-4-6-12(14)7-11/h4-7,10,13H,8-9,15H2,1-3H3. The Kier molecular flexibility index (Phi) is 5.26. The van der Waals surface area contributed by atoms with E-state index in [1.54, 1.807) is 0 Å². The molecule has 0 saturated carbocycles. The van der Waals surface area contributed by atoms with E-state index in [-0.39, 0.29) is 6.04 Å². The van der Waals surface area contributed by atoms with E-state index in [1.165, 1.54) is 5.56 Å². The summed E-state index contributed by atoms with van der Waals surface area (Å²) in [7, 11) is 2.09. The highest BCUT2D eigenvalue weighted by atomic mass is 35.5. The third-order valence-electron chi connectivity index (χ3n) is 2.72. The van der Waals surface area contributed by atoms with E-state index in [4.69, 9.17) is 17.3 Å². The molecule has 0 saturated heterocycles. The van der Waals surface area contributed by atoms with Gasteiger partial charge < -0.3 is 10.6 Å². The summed E-state index contributed by atoms with van der Waals surface area (Å²) in [5.41, 5.74) is 7.26. The van der Waals surface area contributed by atoms with Crippen molar-refractivity contribution in [1.29, 1.82) is 0 Å². The van der Waals surface area contributed by atoms with Gasteiger partial charge in [-0.05, 0) is 30.7 Å². The van der Waals surface area contributed by atoms with Gasteiger partial charge in [0.2, 0.25) is 0 Å². The third kappa shape index (κ3) is 4.52. The maximum absolute atomic E-state index is 6.03. The Morgan fingerprint density at radius 3 is 2.62 bits per heavy atom. The van der Waals surface area contributed by atoms with E-state index in [2.05, 4.69) is 31.9 Å². The van der Waals surface area contributed by atoms with Gasteiger partial charge in [-0.1, -0.05) is 37.6 Å². The van der Waals surface area contributed by atoms with Gasteiger partial charge >= 0.3 is 0 Å². The lowest BCUT2D eigenvalue weighted by atomic mass is 10.1. The molecule has 0 heterocycles. The minimum absolute atomic E-state index is 0.226. The number of likely N-dealkylation sites (N-methyl/N-ethyl adjacent to an activating group) is 1. The van der Waals surface area contributed by atoms with E-state index in [0.717, 1.165) is 18.1 Å². The average molecular weight is 241 g/mol. The van der Waals surface area contributed by atoms with Crippen molar-refractivity contribution in [3.05, 3.63) is 34.9 Å². The van der Waals surface area contributed by atoms with Crippen molar-refractivity contribution in [2.45, 2.75) is 26.4 Å². The van der Waals surface area contributed by atoms with Crippen LogP contribution in [0.4, 0.5) is 0 Å². The molecule has 3 heteroatoms. The summed E-state index contributed by atoms with van der Waals surface area (Å²) < 4.78 is 0. The van der Waals surface area contributed by atoms with Gasteiger partial charge in [-0.2, -0.15) is 0 Å². The highest BCUT2D eigenvalue weighted by Gasteiger charge is 2.10. The number of rotatable bonds is 5. The number of benzene rings is 1. The minimum Gasteiger partial charge on any atom is -0.326 e. The van der Waals surface area contributed by atoms with Gasteiger partial charge in [-0.3, -0.25) is 0 Å². The Bertz CT molecular complexity index is 325. The first-order valence-electron chi connectivity index (χ1n) is 5.67. The molecule has 0 aliphatic heterocycles. The van der Waals surface area contributed by atoms with Gasteiger partial charge in [0.1, 0.15) is 0 Å².